The molecule has 0 fully saturated rings. The van der Waals surface area contributed by atoms with E-state index in [2.05, 4.69) is 10.1 Å². The summed E-state index contributed by atoms with van der Waals surface area (Å²) < 4.78 is 13.1. The van der Waals surface area contributed by atoms with Crippen molar-refractivity contribution in [3.05, 3.63) is 18.5 Å². The van der Waals surface area contributed by atoms with E-state index in [4.69, 9.17) is 5.11 Å². The van der Waals surface area contributed by atoms with Crippen LogP contribution in [-0.2, 0) is 0 Å². The normalized spacial score (nSPS) is 10.8. The second-order valence-corrected chi connectivity index (χ2v) is 2.68. The van der Waals surface area contributed by atoms with Gasteiger partial charge in [0.25, 0.3) is 0 Å². The van der Waals surface area contributed by atoms with E-state index >= 15 is 0 Å². The van der Waals surface area contributed by atoms with E-state index in [1.165, 1.54) is 18.5 Å². The first-order chi connectivity index (χ1) is 5.81. The number of rotatable bonds is 1. The molecule has 0 aliphatic heterocycles. The number of aromatic nitrogens is 3. The summed E-state index contributed by atoms with van der Waals surface area (Å²) in [7, 11) is 0. The zero-order chi connectivity index (χ0) is 8.55. The first-order valence-corrected chi connectivity index (χ1v) is 3.80. The molecule has 0 saturated heterocycles. The molecule has 0 saturated carbocycles. The first-order valence-electron chi connectivity index (χ1n) is 3.13. The molecule has 0 unspecified atom stereocenters. The van der Waals surface area contributed by atoms with Gasteiger partial charge in [-0.3, -0.25) is 0 Å². The minimum Gasteiger partial charge on any atom is -0.506 e. The van der Waals surface area contributed by atoms with Gasteiger partial charge in [0.15, 0.2) is 18.0 Å². The van der Waals surface area contributed by atoms with Crippen LogP contribution in [0.25, 0.3) is 11.0 Å². The lowest BCUT2D eigenvalue weighted by Crippen LogP contribution is -1.86. The summed E-state index contributed by atoms with van der Waals surface area (Å²) in [6, 6.07) is 1.47. The third kappa shape index (κ3) is 1.00. The lowest BCUT2D eigenvalue weighted by atomic mass is 10.3. The summed E-state index contributed by atoms with van der Waals surface area (Å²) >= 11 is -0.0278. The Morgan fingerprint density at radius 3 is 3.08 bits per heavy atom. The van der Waals surface area contributed by atoms with Crippen molar-refractivity contribution >= 4 is 23.4 Å². The Balaban J connectivity index is 2.73. The van der Waals surface area contributed by atoms with Crippen molar-refractivity contribution in [2.75, 3.05) is 0 Å². The number of aromatic hydroxyl groups is 1. The van der Waals surface area contributed by atoms with Gasteiger partial charge in [0.2, 0.25) is 0 Å². The highest BCUT2D eigenvalue weighted by molar-refractivity contribution is 7.92. The molecular formula is C6H4FN3OS. The molecule has 6 heteroatoms. The van der Waals surface area contributed by atoms with Crippen LogP contribution in [0.5, 0.6) is 5.75 Å². The number of nitrogens with zero attached hydrogens (tertiary/aromatic N) is 3. The summed E-state index contributed by atoms with van der Waals surface area (Å²) in [5.74, 6) is 0.0471. The Kier molecular flexibility index (Phi) is 1.61. The van der Waals surface area contributed by atoms with Crippen LogP contribution in [0.15, 0.2) is 18.5 Å². The van der Waals surface area contributed by atoms with Crippen molar-refractivity contribution in [1.29, 1.82) is 0 Å². The van der Waals surface area contributed by atoms with Crippen LogP contribution < -0.4 is 0 Å². The van der Waals surface area contributed by atoms with Gasteiger partial charge < -0.3 is 5.11 Å². The van der Waals surface area contributed by atoms with Gasteiger partial charge in [-0.1, -0.05) is 0 Å². The molecule has 2 heterocycles. The highest BCUT2D eigenvalue weighted by Gasteiger charge is 2.04. The molecule has 0 radical (unpaired) electrons. The highest BCUT2D eigenvalue weighted by atomic mass is 32.2. The second kappa shape index (κ2) is 2.63. The maximum Gasteiger partial charge on any atom is 0.189 e. The van der Waals surface area contributed by atoms with Crippen molar-refractivity contribution in [2.45, 2.75) is 0 Å². The van der Waals surface area contributed by atoms with E-state index in [1.54, 1.807) is 0 Å². The van der Waals surface area contributed by atoms with Gasteiger partial charge in [-0.25, -0.2) is 4.98 Å². The average Bonchev–Trinajstić information content (AvgIpc) is 2.46. The van der Waals surface area contributed by atoms with Gasteiger partial charge in [0.1, 0.15) is 5.75 Å². The highest BCUT2D eigenvalue weighted by Crippen LogP contribution is 2.19. The Morgan fingerprint density at radius 2 is 2.33 bits per heavy atom. The van der Waals surface area contributed by atoms with E-state index in [-0.39, 0.29) is 18.1 Å². The predicted molar refractivity (Wildman–Crippen MR) is 43.3 cm³/mol. The molecule has 12 heavy (non-hydrogen) atoms. The number of hydrogen-bond donors (Lipinski definition) is 1. The van der Waals surface area contributed by atoms with Crippen molar-refractivity contribution in [1.82, 2.24) is 14.2 Å². The summed E-state index contributed by atoms with van der Waals surface area (Å²) in [6.45, 7) is 0. The summed E-state index contributed by atoms with van der Waals surface area (Å²) in [6.07, 6.45) is 2.69. The number of pyridine rings is 1. The van der Waals surface area contributed by atoms with Gasteiger partial charge in [-0.15, -0.1) is 3.89 Å². The maximum absolute atomic E-state index is 12.1. The molecule has 0 amide bonds. The average molecular weight is 185 g/mol. The zero-order valence-electron chi connectivity index (χ0n) is 5.81. The zero-order valence-corrected chi connectivity index (χ0v) is 6.62. The molecule has 2 aromatic heterocycles. The third-order valence-electron chi connectivity index (χ3n) is 1.43. The van der Waals surface area contributed by atoms with Crippen LogP contribution in [0.2, 0.25) is 0 Å². The lowest BCUT2D eigenvalue weighted by Gasteiger charge is -1.92. The van der Waals surface area contributed by atoms with Crippen molar-refractivity contribution in [3.63, 3.8) is 0 Å². The van der Waals surface area contributed by atoms with Crippen molar-refractivity contribution < 1.29 is 8.99 Å². The van der Waals surface area contributed by atoms with Gasteiger partial charge in [0.05, 0.1) is 12.4 Å². The van der Waals surface area contributed by atoms with Crippen LogP contribution in [0.1, 0.15) is 0 Å². The SMILES string of the molecule is Oc1cnc2c(cnn2SF)c1. The standard InChI is InChI=1S/C6H4FN3OS/c7-12-10-6-4(2-9-10)1-5(11)3-8-6/h1-3,11H. The monoisotopic (exact) mass is 185 g/mol. The molecule has 2 aromatic rings. The fourth-order valence-corrected chi connectivity index (χ4v) is 1.24. The summed E-state index contributed by atoms with van der Waals surface area (Å²) in [5, 5.41) is 13.3. The fourth-order valence-electron chi connectivity index (χ4n) is 0.938. The minimum atomic E-state index is -0.0278. The van der Waals surface area contributed by atoms with E-state index in [9.17, 15) is 3.89 Å². The number of halogens is 1. The molecule has 0 bridgehead atoms. The smallest absolute Gasteiger partial charge is 0.189 e. The first kappa shape index (κ1) is 7.35. The molecule has 62 valence electrons. The minimum absolute atomic E-state index is 0.0278. The van der Waals surface area contributed by atoms with Crippen LogP contribution in [-0.4, -0.2) is 19.3 Å². The lowest BCUT2D eigenvalue weighted by molar-refractivity contribution is 0.474. The van der Waals surface area contributed by atoms with Gasteiger partial charge in [-0.05, 0) is 6.07 Å². The van der Waals surface area contributed by atoms with Crippen molar-refractivity contribution in [2.24, 2.45) is 0 Å². The Bertz CT molecular complexity index is 416. The quantitative estimate of drug-likeness (QED) is 0.731. The Labute approximate surface area is 71.5 Å². The maximum atomic E-state index is 12.1. The molecule has 1 N–H and O–H groups in total. The largest absolute Gasteiger partial charge is 0.506 e. The van der Waals surface area contributed by atoms with Gasteiger partial charge in [-0.2, -0.15) is 9.19 Å². The Morgan fingerprint density at radius 1 is 1.50 bits per heavy atom. The van der Waals surface area contributed by atoms with Crippen LogP contribution in [0.3, 0.4) is 0 Å². The fraction of sp³-hybridized carbons (Fsp3) is 0. The molecule has 0 aliphatic carbocycles. The molecular weight excluding hydrogens is 181 g/mol. The number of hydrogen-bond acceptors (Lipinski definition) is 4. The molecule has 2 rings (SSSR count). The van der Waals surface area contributed by atoms with E-state index < -0.39 is 0 Å². The predicted octanol–water partition coefficient (Wildman–Crippen LogP) is 1.52. The second-order valence-electron chi connectivity index (χ2n) is 2.19. The number of fused-ring (bicyclic) bond motifs is 1. The van der Waals surface area contributed by atoms with Crippen LogP contribution in [0, 0.1) is 0 Å². The summed E-state index contributed by atoms with van der Waals surface area (Å²) in [4.78, 5) is 3.80. The Hall–Kier alpha value is -1.30. The summed E-state index contributed by atoms with van der Waals surface area (Å²) in [5.41, 5.74) is 0.403. The van der Waals surface area contributed by atoms with E-state index in [0.717, 1.165) is 4.09 Å². The molecule has 0 spiro atoms. The topological polar surface area (TPSA) is 50.9 Å². The van der Waals surface area contributed by atoms with Crippen LogP contribution in [0.4, 0.5) is 3.89 Å². The van der Waals surface area contributed by atoms with Gasteiger partial charge >= 0.3 is 0 Å². The van der Waals surface area contributed by atoms with Crippen LogP contribution >= 0.6 is 12.3 Å². The third-order valence-corrected chi connectivity index (χ3v) is 1.83. The molecule has 4 nitrogen and oxygen atoms in total. The van der Waals surface area contributed by atoms with Gasteiger partial charge in [0, 0.05) is 5.39 Å². The van der Waals surface area contributed by atoms with E-state index in [1.807, 2.05) is 0 Å². The molecule has 0 atom stereocenters. The van der Waals surface area contributed by atoms with Crippen molar-refractivity contribution in [3.8, 4) is 5.75 Å². The van der Waals surface area contributed by atoms with E-state index in [0.29, 0.717) is 11.0 Å². The molecule has 0 aliphatic rings. The molecule has 0 aromatic carbocycles.